The van der Waals surface area contributed by atoms with Gasteiger partial charge in [-0.15, -0.1) is 11.3 Å². The molecule has 0 radical (unpaired) electrons. The summed E-state index contributed by atoms with van der Waals surface area (Å²) < 4.78 is 0. The lowest BCUT2D eigenvalue weighted by Gasteiger charge is -2.32. The Morgan fingerprint density at radius 1 is 1.62 bits per heavy atom. The number of carbonyl (C=O) groups excluding carboxylic acids is 1. The van der Waals surface area contributed by atoms with Gasteiger partial charge in [0.15, 0.2) is 0 Å². The van der Waals surface area contributed by atoms with Crippen LogP contribution in [0.25, 0.3) is 0 Å². The Morgan fingerprint density at radius 3 is 3.33 bits per heavy atom. The van der Waals surface area contributed by atoms with Crippen LogP contribution in [0.2, 0.25) is 0 Å². The molecule has 2 aliphatic rings. The highest BCUT2D eigenvalue weighted by atomic mass is 32.1. The van der Waals surface area contributed by atoms with Crippen molar-refractivity contribution in [2.45, 2.75) is 51.2 Å². The van der Waals surface area contributed by atoms with E-state index in [2.05, 4.69) is 33.9 Å². The molecule has 21 heavy (non-hydrogen) atoms. The van der Waals surface area contributed by atoms with Crippen molar-refractivity contribution in [2.24, 2.45) is 0 Å². The minimum atomic E-state index is 0.189. The van der Waals surface area contributed by atoms with Gasteiger partial charge in [-0.05, 0) is 49.7 Å². The number of fused-ring (bicyclic) bond motifs is 1. The van der Waals surface area contributed by atoms with Gasteiger partial charge in [0.1, 0.15) is 0 Å². The number of nitrogens with one attached hydrogen (secondary N) is 2. The molecule has 0 aromatic carbocycles. The first-order chi connectivity index (χ1) is 10.2. The van der Waals surface area contributed by atoms with Gasteiger partial charge < -0.3 is 10.6 Å². The van der Waals surface area contributed by atoms with Crippen LogP contribution in [0.1, 0.15) is 36.6 Å². The summed E-state index contributed by atoms with van der Waals surface area (Å²) in [5, 5.41) is 8.67. The second-order valence-corrected chi connectivity index (χ2v) is 7.24. The maximum absolute atomic E-state index is 12.0. The van der Waals surface area contributed by atoms with E-state index in [1.165, 1.54) is 16.9 Å². The summed E-state index contributed by atoms with van der Waals surface area (Å²) in [5.41, 5.74) is 1.47. The third kappa shape index (κ3) is 3.84. The van der Waals surface area contributed by atoms with Gasteiger partial charge in [-0.2, -0.15) is 0 Å². The molecule has 2 aliphatic heterocycles. The quantitative estimate of drug-likeness (QED) is 0.871. The van der Waals surface area contributed by atoms with E-state index in [0.717, 1.165) is 39.0 Å². The summed E-state index contributed by atoms with van der Waals surface area (Å²) in [5.74, 6) is 0.189. The zero-order valence-corrected chi connectivity index (χ0v) is 13.5. The molecule has 1 aromatic heterocycles. The molecule has 0 saturated carbocycles. The van der Waals surface area contributed by atoms with Crippen molar-refractivity contribution in [3.8, 4) is 0 Å². The molecule has 0 bridgehead atoms. The molecule has 2 atom stereocenters. The largest absolute Gasteiger partial charge is 0.354 e. The van der Waals surface area contributed by atoms with Gasteiger partial charge in [0.05, 0.1) is 0 Å². The normalized spacial score (nSPS) is 23.8. The van der Waals surface area contributed by atoms with Crippen molar-refractivity contribution in [2.75, 3.05) is 19.6 Å². The molecule has 0 spiro atoms. The third-order valence-corrected chi connectivity index (χ3v) is 5.67. The van der Waals surface area contributed by atoms with Crippen molar-refractivity contribution in [1.29, 1.82) is 0 Å². The molecule has 5 heteroatoms. The van der Waals surface area contributed by atoms with E-state index in [9.17, 15) is 4.79 Å². The highest BCUT2D eigenvalue weighted by Gasteiger charge is 2.22. The first-order valence-corrected chi connectivity index (χ1v) is 8.89. The Kier molecular flexibility index (Phi) is 4.93. The molecule has 3 rings (SSSR count). The minimum Gasteiger partial charge on any atom is -0.354 e. The molecule has 2 N–H and O–H groups in total. The lowest BCUT2D eigenvalue weighted by Crippen LogP contribution is -2.44. The Balaban J connectivity index is 1.42. The number of hydrogen-bond donors (Lipinski definition) is 2. The summed E-state index contributed by atoms with van der Waals surface area (Å²) in [4.78, 5) is 16.0. The zero-order chi connectivity index (χ0) is 14.7. The van der Waals surface area contributed by atoms with Crippen LogP contribution in [0, 0.1) is 0 Å². The highest BCUT2D eigenvalue weighted by Crippen LogP contribution is 2.24. The van der Waals surface area contributed by atoms with Crippen LogP contribution in [-0.4, -0.2) is 42.5 Å². The van der Waals surface area contributed by atoms with Crippen molar-refractivity contribution in [3.63, 3.8) is 0 Å². The molecule has 4 nitrogen and oxygen atoms in total. The van der Waals surface area contributed by atoms with Gasteiger partial charge in [-0.3, -0.25) is 9.69 Å². The Labute approximate surface area is 130 Å². The lowest BCUT2D eigenvalue weighted by atomic mass is 10.1. The SMILES string of the molecule is CC(CNC(=O)CC1CCCN1)N1CCc2sccc2C1. The summed E-state index contributed by atoms with van der Waals surface area (Å²) >= 11 is 1.87. The molecule has 1 saturated heterocycles. The third-order valence-electron chi connectivity index (χ3n) is 4.65. The molecular formula is C16H25N3OS. The van der Waals surface area contributed by atoms with Gasteiger partial charge >= 0.3 is 0 Å². The van der Waals surface area contributed by atoms with E-state index in [4.69, 9.17) is 0 Å². The molecule has 3 heterocycles. The number of carbonyl (C=O) groups is 1. The number of nitrogens with zero attached hydrogens (tertiary/aromatic N) is 1. The van der Waals surface area contributed by atoms with Crippen LogP contribution in [0.15, 0.2) is 11.4 Å². The maximum Gasteiger partial charge on any atom is 0.221 e. The standard InChI is InChI=1S/C16H25N3OS/c1-12(10-18-16(20)9-14-3-2-6-17-14)19-7-4-15-13(11-19)5-8-21-15/h5,8,12,14,17H,2-4,6-7,9-11H2,1H3,(H,18,20). The molecule has 1 fully saturated rings. The number of amides is 1. The fourth-order valence-corrected chi connectivity index (χ4v) is 4.15. The van der Waals surface area contributed by atoms with Gasteiger partial charge in [-0.25, -0.2) is 0 Å². The van der Waals surface area contributed by atoms with Gasteiger partial charge in [0.25, 0.3) is 0 Å². The van der Waals surface area contributed by atoms with Gasteiger partial charge in [-0.1, -0.05) is 0 Å². The summed E-state index contributed by atoms with van der Waals surface area (Å²) in [6.07, 6.45) is 4.11. The van der Waals surface area contributed by atoms with Gasteiger partial charge in [0, 0.05) is 43.0 Å². The van der Waals surface area contributed by atoms with E-state index >= 15 is 0 Å². The average Bonchev–Trinajstić information content (AvgIpc) is 3.14. The number of rotatable bonds is 5. The first kappa shape index (κ1) is 15.0. The van der Waals surface area contributed by atoms with Crippen molar-refractivity contribution >= 4 is 17.2 Å². The lowest BCUT2D eigenvalue weighted by molar-refractivity contribution is -0.121. The summed E-state index contributed by atoms with van der Waals surface area (Å²) in [6, 6.07) is 3.03. The number of thiophene rings is 1. The smallest absolute Gasteiger partial charge is 0.221 e. The topological polar surface area (TPSA) is 44.4 Å². The highest BCUT2D eigenvalue weighted by molar-refractivity contribution is 7.10. The average molecular weight is 307 g/mol. The first-order valence-electron chi connectivity index (χ1n) is 8.02. The van der Waals surface area contributed by atoms with Crippen LogP contribution in [0.3, 0.4) is 0 Å². The fourth-order valence-electron chi connectivity index (χ4n) is 3.26. The summed E-state index contributed by atoms with van der Waals surface area (Å²) in [6.45, 7) is 6.16. The van der Waals surface area contributed by atoms with Crippen molar-refractivity contribution in [3.05, 3.63) is 21.9 Å². The predicted octanol–water partition coefficient (Wildman–Crippen LogP) is 1.75. The predicted molar refractivity (Wildman–Crippen MR) is 86.5 cm³/mol. The van der Waals surface area contributed by atoms with Crippen molar-refractivity contribution in [1.82, 2.24) is 15.5 Å². The van der Waals surface area contributed by atoms with E-state index in [1.807, 2.05) is 11.3 Å². The Morgan fingerprint density at radius 2 is 2.52 bits per heavy atom. The van der Waals surface area contributed by atoms with Crippen LogP contribution in [0.5, 0.6) is 0 Å². The minimum absolute atomic E-state index is 0.189. The van der Waals surface area contributed by atoms with Crippen LogP contribution in [-0.2, 0) is 17.8 Å². The molecule has 2 unspecified atom stereocenters. The van der Waals surface area contributed by atoms with E-state index < -0.39 is 0 Å². The second kappa shape index (κ2) is 6.90. The van der Waals surface area contributed by atoms with Crippen LogP contribution >= 0.6 is 11.3 Å². The number of hydrogen-bond acceptors (Lipinski definition) is 4. The molecule has 116 valence electrons. The molecular weight excluding hydrogens is 282 g/mol. The van der Waals surface area contributed by atoms with Crippen LogP contribution < -0.4 is 10.6 Å². The van der Waals surface area contributed by atoms with Gasteiger partial charge in [0.2, 0.25) is 5.91 Å². The van der Waals surface area contributed by atoms with E-state index in [0.29, 0.717) is 18.5 Å². The second-order valence-electron chi connectivity index (χ2n) is 6.24. The Hall–Kier alpha value is -0.910. The van der Waals surface area contributed by atoms with Crippen LogP contribution in [0.4, 0.5) is 0 Å². The molecule has 1 amide bonds. The Bertz CT molecular complexity index is 482. The zero-order valence-electron chi connectivity index (χ0n) is 12.7. The van der Waals surface area contributed by atoms with E-state index in [-0.39, 0.29) is 5.91 Å². The van der Waals surface area contributed by atoms with Crippen molar-refractivity contribution < 1.29 is 4.79 Å². The maximum atomic E-state index is 12.0. The molecule has 1 aromatic rings. The summed E-state index contributed by atoms with van der Waals surface area (Å²) in [7, 11) is 0. The van der Waals surface area contributed by atoms with E-state index in [1.54, 1.807) is 0 Å². The monoisotopic (exact) mass is 307 g/mol. The fraction of sp³-hybridized carbons (Fsp3) is 0.688. The molecule has 0 aliphatic carbocycles.